The highest BCUT2D eigenvalue weighted by Gasteiger charge is 2.24. The van der Waals surface area contributed by atoms with Crippen molar-refractivity contribution in [3.05, 3.63) is 46.2 Å². The van der Waals surface area contributed by atoms with E-state index in [2.05, 4.69) is 4.90 Å². The van der Waals surface area contributed by atoms with Crippen molar-refractivity contribution >= 4 is 23.0 Å². The van der Waals surface area contributed by atoms with Gasteiger partial charge in [-0.05, 0) is 43.5 Å². The van der Waals surface area contributed by atoms with Crippen molar-refractivity contribution in [1.82, 2.24) is 9.80 Å². The lowest BCUT2D eigenvalue weighted by atomic mass is 10.1. The molecule has 0 unspecified atom stereocenters. The average Bonchev–Trinajstić information content (AvgIpc) is 3.25. The first-order chi connectivity index (χ1) is 13.6. The molecule has 1 fully saturated rings. The van der Waals surface area contributed by atoms with E-state index in [1.807, 2.05) is 36.3 Å². The van der Waals surface area contributed by atoms with Crippen LogP contribution in [0.15, 0.2) is 35.7 Å². The molecule has 0 atom stereocenters. The third-order valence-corrected chi connectivity index (χ3v) is 5.52. The summed E-state index contributed by atoms with van der Waals surface area (Å²) in [6.45, 7) is 7.87. The number of thiophene rings is 1. The minimum absolute atomic E-state index is 0.0202. The van der Waals surface area contributed by atoms with E-state index in [4.69, 9.17) is 9.47 Å². The quantitative estimate of drug-likeness (QED) is 0.635. The Morgan fingerprint density at radius 1 is 1.00 bits per heavy atom. The number of Topliss-reactive ketones (excluding diaryl/α,β-unsaturated/α-hetero) is 1. The molecular weight excluding hydrogens is 376 g/mol. The average molecular weight is 403 g/mol. The number of ether oxygens (including phenoxy) is 2. The molecule has 0 radical (unpaired) electrons. The van der Waals surface area contributed by atoms with E-state index in [-0.39, 0.29) is 11.7 Å². The predicted molar refractivity (Wildman–Crippen MR) is 110 cm³/mol. The third-order valence-electron chi connectivity index (χ3n) is 4.61. The first kappa shape index (κ1) is 20.4. The summed E-state index contributed by atoms with van der Waals surface area (Å²) in [5.41, 5.74) is 0.593. The molecule has 0 aliphatic carbocycles. The number of ketones is 1. The second kappa shape index (κ2) is 9.71. The van der Waals surface area contributed by atoms with Crippen LogP contribution in [0, 0.1) is 0 Å². The zero-order chi connectivity index (χ0) is 19.9. The topological polar surface area (TPSA) is 59.1 Å². The van der Waals surface area contributed by atoms with Gasteiger partial charge >= 0.3 is 0 Å². The van der Waals surface area contributed by atoms with Crippen molar-refractivity contribution in [2.75, 3.05) is 45.9 Å². The van der Waals surface area contributed by atoms with Crippen molar-refractivity contribution < 1.29 is 19.1 Å². The van der Waals surface area contributed by atoms with Crippen LogP contribution in [0.2, 0.25) is 0 Å². The van der Waals surface area contributed by atoms with Crippen LogP contribution in [0.3, 0.4) is 0 Å². The standard InChI is InChI=1S/C21H26N2O4S/c1-3-26-18-8-7-16(14-19(18)27-4-2)21(25)23-11-9-22(10-12-23)15-17(24)20-6-5-13-28-20/h5-8,13-14H,3-4,9-12,15H2,1-2H3. The van der Waals surface area contributed by atoms with Gasteiger partial charge in [0.05, 0.1) is 24.6 Å². The van der Waals surface area contributed by atoms with E-state index in [1.165, 1.54) is 11.3 Å². The lowest BCUT2D eigenvalue weighted by Crippen LogP contribution is -2.49. The lowest BCUT2D eigenvalue weighted by Gasteiger charge is -2.34. The van der Waals surface area contributed by atoms with E-state index in [0.29, 0.717) is 63.0 Å². The van der Waals surface area contributed by atoms with Crippen molar-refractivity contribution in [3.8, 4) is 11.5 Å². The molecule has 1 aliphatic heterocycles. The molecule has 0 bridgehead atoms. The highest BCUT2D eigenvalue weighted by atomic mass is 32.1. The fourth-order valence-electron chi connectivity index (χ4n) is 3.19. The predicted octanol–water partition coefficient (Wildman–Crippen LogP) is 3.19. The highest BCUT2D eigenvalue weighted by molar-refractivity contribution is 7.12. The Balaban J connectivity index is 1.58. The van der Waals surface area contributed by atoms with Gasteiger partial charge in [-0.15, -0.1) is 11.3 Å². The van der Waals surface area contributed by atoms with Gasteiger partial charge in [0, 0.05) is 31.7 Å². The first-order valence-corrected chi connectivity index (χ1v) is 10.5. The van der Waals surface area contributed by atoms with Crippen molar-refractivity contribution in [1.29, 1.82) is 0 Å². The molecule has 3 rings (SSSR count). The minimum atomic E-state index is -0.0202. The number of hydrogen-bond acceptors (Lipinski definition) is 6. The second-order valence-corrected chi connectivity index (χ2v) is 7.44. The summed E-state index contributed by atoms with van der Waals surface area (Å²) in [5, 5.41) is 1.91. The molecular formula is C21H26N2O4S. The largest absolute Gasteiger partial charge is 0.490 e. The summed E-state index contributed by atoms with van der Waals surface area (Å²) >= 11 is 1.47. The van der Waals surface area contributed by atoms with Gasteiger partial charge in [0.2, 0.25) is 0 Å². The number of carbonyl (C=O) groups excluding carboxylic acids is 2. The van der Waals surface area contributed by atoms with E-state index in [9.17, 15) is 9.59 Å². The number of piperazine rings is 1. The van der Waals surface area contributed by atoms with Crippen molar-refractivity contribution in [3.63, 3.8) is 0 Å². The summed E-state index contributed by atoms with van der Waals surface area (Å²) < 4.78 is 11.2. The molecule has 1 aromatic carbocycles. The summed E-state index contributed by atoms with van der Waals surface area (Å²) in [6, 6.07) is 9.07. The Bertz CT molecular complexity index is 799. The van der Waals surface area contributed by atoms with Gasteiger partial charge in [-0.3, -0.25) is 14.5 Å². The molecule has 7 heteroatoms. The molecule has 1 amide bonds. The summed E-state index contributed by atoms with van der Waals surface area (Å²) in [5.74, 6) is 1.36. The van der Waals surface area contributed by atoms with Gasteiger partial charge in [-0.25, -0.2) is 0 Å². The SMILES string of the molecule is CCOc1ccc(C(=O)N2CCN(CC(=O)c3cccs3)CC2)cc1OCC. The molecule has 28 heavy (non-hydrogen) atoms. The minimum Gasteiger partial charge on any atom is -0.490 e. The maximum Gasteiger partial charge on any atom is 0.254 e. The molecule has 0 N–H and O–H groups in total. The van der Waals surface area contributed by atoms with Crippen LogP contribution in [-0.2, 0) is 0 Å². The molecule has 6 nitrogen and oxygen atoms in total. The van der Waals surface area contributed by atoms with Gasteiger partial charge in [0.25, 0.3) is 5.91 Å². The first-order valence-electron chi connectivity index (χ1n) is 9.60. The summed E-state index contributed by atoms with van der Waals surface area (Å²) in [4.78, 5) is 29.9. The van der Waals surface area contributed by atoms with Crippen molar-refractivity contribution in [2.45, 2.75) is 13.8 Å². The number of amides is 1. The smallest absolute Gasteiger partial charge is 0.254 e. The summed E-state index contributed by atoms with van der Waals surface area (Å²) in [7, 11) is 0. The van der Waals surface area contributed by atoms with Crippen LogP contribution in [0.5, 0.6) is 11.5 Å². The Labute approximate surface area is 169 Å². The molecule has 2 heterocycles. The Hall–Kier alpha value is -2.38. The summed E-state index contributed by atoms with van der Waals surface area (Å²) in [6.07, 6.45) is 0. The van der Waals surface area contributed by atoms with Gasteiger partial charge in [0.1, 0.15) is 0 Å². The lowest BCUT2D eigenvalue weighted by molar-refractivity contribution is 0.0624. The molecule has 1 aliphatic rings. The van der Waals surface area contributed by atoms with E-state index in [1.54, 1.807) is 18.2 Å². The van der Waals surface area contributed by atoms with Crippen LogP contribution >= 0.6 is 11.3 Å². The van der Waals surface area contributed by atoms with E-state index >= 15 is 0 Å². The number of rotatable bonds is 8. The van der Waals surface area contributed by atoms with Gasteiger partial charge in [-0.1, -0.05) is 6.07 Å². The fourth-order valence-corrected chi connectivity index (χ4v) is 3.85. The zero-order valence-electron chi connectivity index (χ0n) is 16.3. The maximum atomic E-state index is 12.9. The number of benzene rings is 1. The van der Waals surface area contributed by atoms with E-state index < -0.39 is 0 Å². The molecule has 2 aromatic rings. The molecule has 1 saturated heterocycles. The normalized spacial score (nSPS) is 14.7. The molecule has 0 saturated carbocycles. The van der Waals surface area contributed by atoms with E-state index in [0.717, 1.165) is 4.88 Å². The van der Waals surface area contributed by atoms with Crippen LogP contribution < -0.4 is 9.47 Å². The molecule has 1 aromatic heterocycles. The van der Waals surface area contributed by atoms with Crippen molar-refractivity contribution in [2.24, 2.45) is 0 Å². The monoisotopic (exact) mass is 402 g/mol. The molecule has 150 valence electrons. The van der Waals surface area contributed by atoms with Crippen LogP contribution in [0.25, 0.3) is 0 Å². The van der Waals surface area contributed by atoms with Crippen LogP contribution in [-0.4, -0.2) is 67.4 Å². The third kappa shape index (κ3) is 4.91. The number of carbonyl (C=O) groups is 2. The molecule has 0 spiro atoms. The van der Waals surface area contributed by atoms with Gasteiger partial charge in [-0.2, -0.15) is 0 Å². The Kier molecular flexibility index (Phi) is 7.06. The van der Waals surface area contributed by atoms with Crippen LogP contribution in [0.1, 0.15) is 33.9 Å². The second-order valence-electron chi connectivity index (χ2n) is 6.50. The number of hydrogen-bond donors (Lipinski definition) is 0. The van der Waals surface area contributed by atoms with Crippen LogP contribution in [0.4, 0.5) is 0 Å². The highest BCUT2D eigenvalue weighted by Crippen LogP contribution is 2.29. The number of nitrogens with zero attached hydrogens (tertiary/aromatic N) is 2. The Morgan fingerprint density at radius 2 is 1.71 bits per heavy atom. The fraction of sp³-hybridized carbons (Fsp3) is 0.429. The van der Waals surface area contributed by atoms with Gasteiger partial charge in [0.15, 0.2) is 17.3 Å². The maximum absolute atomic E-state index is 12.9. The zero-order valence-corrected chi connectivity index (χ0v) is 17.2. The Morgan fingerprint density at radius 3 is 2.36 bits per heavy atom. The van der Waals surface area contributed by atoms with Gasteiger partial charge < -0.3 is 14.4 Å².